The number of carbonyl (C=O) groups excluding carboxylic acids is 1. The number of nitrogens with one attached hydrogen (secondary N) is 4. The van der Waals surface area contributed by atoms with E-state index in [-0.39, 0.29) is 5.91 Å². The Morgan fingerprint density at radius 2 is 2.17 bits per heavy atom. The van der Waals surface area contributed by atoms with Crippen molar-refractivity contribution in [2.24, 2.45) is 0 Å². The molecule has 0 aliphatic carbocycles. The Bertz CT molecular complexity index is 518. The number of rotatable bonds is 3. The first-order valence-electron chi connectivity index (χ1n) is 5.38. The fourth-order valence-corrected chi connectivity index (χ4v) is 2.96. The molecule has 1 aromatic rings. The van der Waals surface area contributed by atoms with Crippen LogP contribution in [0.3, 0.4) is 0 Å². The fourth-order valence-electron chi connectivity index (χ4n) is 1.77. The van der Waals surface area contributed by atoms with Crippen LogP contribution in [0.15, 0.2) is 12.1 Å². The standard InChI is InChI=1S/C11H14IN4OP/c1-11(2)10(17)14-8-3-6(5-13)7(16-18-12)4-9(8)15-11/h3-5,13,15-16,18H,1-2H3,(H,14,17). The largest absolute Gasteiger partial charge is 0.370 e. The van der Waals surface area contributed by atoms with Crippen LogP contribution in [0.25, 0.3) is 0 Å². The van der Waals surface area contributed by atoms with Crippen molar-refractivity contribution in [3.63, 3.8) is 0 Å². The molecule has 0 saturated heterocycles. The molecule has 5 nitrogen and oxygen atoms in total. The summed E-state index contributed by atoms with van der Waals surface area (Å²) >= 11 is 2.24. The van der Waals surface area contributed by atoms with Crippen LogP contribution in [0.2, 0.25) is 0 Å². The van der Waals surface area contributed by atoms with Crippen molar-refractivity contribution >= 4 is 57.6 Å². The monoisotopic (exact) mass is 376 g/mol. The lowest BCUT2D eigenvalue weighted by atomic mass is 9.99. The normalized spacial score (nSPS) is 16.9. The van der Waals surface area contributed by atoms with Crippen molar-refractivity contribution in [2.45, 2.75) is 19.4 Å². The molecule has 96 valence electrons. The van der Waals surface area contributed by atoms with E-state index in [4.69, 9.17) is 5.41 Å². The maximum absolute atomic E-state index is 11.8. The van der Waals surface area contributed by atoms with E-state index < -0.39 is 5.54 Å². The summed E-state index contributed by atoms with van der Waals surface area (Å²) in [5.41, 5.74) is 2.64. The molecule has 1 heterocycles. The second kappa shape index (κ2) is 5.01. The highest BCUT2D eigenvalue weighted by Crippen LogP contribution is 2.37. The van der Waals surface area contributed by atoms with Gasteiger partial charge in [-0.15, -0.1) is 0 Å². The van der Waals surface area contributed by atoms with Crippen LogP contribution in [-0.2, 0) is 4.79 Å². The molecule has 1 amide bonds. The highest BCUT2D eigenvalue weighted by atomic mass is 127. The predicted octanol–water partition coefficient (Wildman–Crippen LogP) is 3.18. The van der Waals surface area contributed by atoms with Crippen molar-refractivity contribution in [1.82, 2.24) is 0 Å². The van der Waals surface area contributed by atoms with Gasteiger partial charge >= 0.3 is 0 Å². The SMILES string of the molecule is CC1(C)Nc2cc(NPI)c(C=N)cc2NC1=O. The third kappa shape index (κ3) is 2.44. The van der Waals surface area contributed by atoms with Gasteiger partial charge in [-0.3, -0.25) is 4.79 Å². The Kier molecular flexibility index (Phi) is 3.77. The smallest absolute Gasteiger partial charge is 0.249 e. The molecule has 1 atom stereocenters. The lowest BCUT2D eigenvalue weighted by Gasteiger charge is -2.33. The molecular weight excluding hydrogens is 362 g/mol. The summed E-state index contributed by atoms with van der Waals surface area (Å²) < 4.78 is 0. The number of benzene rings is 1. The first kappa shape index (κ1) is 13.5. The number of hydrogen-bond acceptors (Lipinski definition) is 4. The van der Waals surface area contributed by atoms with Gasteiger partial charge in [0.2, 0.25) is 5.91 Å². The van der Waals surface area contributed by atoms with Crippen molar-refractivity contribution in [2.75, 3.05) is 15.7 Å². The van der Waals surface area contributed by atoms with Crippen LogP contribution in [-0.4, -0.2) is 17.7 Å². The molecule has 0 radical (unpaired) electrons. The molecule has 1 aromatic carbocycles. The van der Waals surface area contributed by atoms with Gasteiger partial charge in [0.15, 0.2) is 0 Å². The van der Waals surface area contributed by atoms with Gasteiger partial charge in [-0.1, -0.05) is 0 Å². The Morgan fingerprint density at radius 3 is 2.78 bits per heavy atom. The van der Waals surface area contributed by atoms with Crippen LogP contribution < -0.4 is 15.7 Å². The fraction of sp³-hybridized carbons (Fsp3) is 0.273. The maximum atomic E-state index is 11.8. The zero-order chi connectivity index (χ0) is 13.3. The Balaban J connectivity index is 2.48. The molecular formula is C11H14IN4OP. The van der Waals surface area contributed by atoms with Gasteiger partial charge in [0.1, 0.15) is 5.54 Å². The summed E-state index contributed by atoms with van der Waals surface area (Å²) in [6, 6.07) is 3.74. The minimum absolute atomic E-state index is 0.0672. The first-order chi connectivity index (χ1) is 8.47. The number of halogens is 1. The van der Waals surface area contributed by atoms with Gasteiger partial charge in [0.25, 0.3) is 0 Å². The van der Waals surface area contributed by atoms with Crippen molar-refractivity contribution in [1.29, 1.82) is 5.41 Å². The lowest BCUT2D eigenvalue weighted by molar-refractivity contribution is -0.119. The quantitative estimate of drug-likeness (QED) is 0.372. The number of fused-ring (bicyclic) bond motifs is 1. The Labute approximate surface area is 120 Å². The molecule has 4 N–H and O–H groups in total. The van der Waals surface area contributed by atoms with E-state index in [9.17, 15) is 4.79 Å². The second-order valence-electron chi connectivity index (χ2n) is 4.55. The molecule has 0 saturated carbocycles. The van der Waals surface area contributed by atoms with E-state index in [1.807, 2.05) is 26.0 Å². The second-order valence-corrected chi connectivity index (χ2v) is 6.61. The zero-order valence-corrected chi connectivity index (χ0v) is 13.2. The van der Waals surface area contributed by atoms with Gasteiger partial charge in [0.05, 0.1) is 11.4 Å². The van der Waals surface area contributed by atoms with E-state index in [1.54, 1.807) is 0 Å². The molecule has 0 aromatic heterocycles. The van der Waals surface area contributed by atoms with Crippen LogP contribution >= 0.6 is 28.4 Å². The summed E-state index contributed by atoms with van der Waals surface area (Å²) in [6.07, 6.45) is 1.81. The summed E-state index contributed by atoms with van der Waals surface area (Å²) in [5, 5.41) is 16.7. The highest BCUT2D eigenvalue weighted by molar-refractivity contribution is 14.2. The van der Waals surface area contributed by atoms with Gasteiger partial charge in [-0.25, -0.2) is 0 Å². The summed E-state index contributed by atoms with van der Waals surface area (Å²) in [5.74, 6) is -0.0672. The molecule has 7 heteroatoms. The molecule has 0 bridgehead atoms. The van der Waals surface area contributed by atoms with E-state index in [0.717, 1.165) is 22.6 Å². The Hall–Kier alpha value is -0.880. The predicted molar refractivity (Wildman–Crippen MR) is 86.6 cm³/mol. The van der Waals surface area contributed by atoms with Crippen LogP contribution in [0.4, 0.5) is 17.1 Å². The molecule has 1 unspecified atom stereocenters. The minimum atomic E-state index is -0.622. The molecule has 18 heavy (non-hydrogen) atoms. The average Bonchev–Trinajstić information content (AvgIpc) is 2.30. The van der Waals surface area contributed by atoms with Crippen molar-refractivity contribution in [3.05, 3.63) is 17.7 Å². The van der Waals surface area contributed by atoms with Crippen LogP contribution in [0, 0.1) is 5.41 Å². The molecule has 0 fully saturated rings. The summed E-state index contributed by atoms with van der Waals surface area (Å²) in [7, 11) is 0. The van der Waals surface area contributed by atoms with E-state index in [2.05, 4.69) is 37.8 Å². The summed E-state index contributed by atoms with van der Waals surface area (Å²) in [6.45, 7) is 3.67. The topological polar surface area (TPSA) is 77.0 Å². The third-order valence-electron chi connectivity index (χ3n) is 2.79. The van der Waals surface area contributed by atoms with Crippen LogP contribution in [0.1, 0.15) is 19.4 Å². The van der Waals surface area contributed by atoms with Gasteiger partial charge in [-0.2, -0.15) is 0 Å². The van der Waals surface area contributed by atoms with E-state index in [1.165, 1.54) is 6.21 Å². The maximum Gasteiger partial charge on any atom is 0.249 e. The number of hydrogen-bond donors (Lipinski definition) is 4. The minimum Gasteiger partial charge on any atom is -0.370 e. The van der Waals surface area contributed by atoms with Gasteiger partial charge in [-0.05, 0) is 48.0 Å². The molecule has 2 rings (SSSR count). The zero-order valence-electron chi connectivity index (χ0n) is 10.0. The number of anilines is 3. The summed E-state index contributed by atoms with van der Waals surface area (Å²) in [4.78, 5) is 11.8. The first-order valence-corrected chi connectivity index (χ1v) is 9.49. The van der Waals surface area contributed by atoms with E-state index in [0.29, 0.717) is 6.37 Å². The molecule has 1 aliphatic rings. The van der Waals surface area contributed by atoms with E-state index >= 15 is 0 Å². The third-order valence-corrected chi connectivity index (χ3v) is 3.96. The van der Waals surface area contributed by atoms with Crippen molar-refractivity contribution in [3.8, 4) is 0 Å². The number of carbonyl (C=O) groups is 1. The van der Waals surface area contributed by atoms with Gasteiger partial charge in [0, 0.05) is 23.8 Å². The van der Waals surface area contributed by atoms with Crippen molar-refractivity contribution < 1.29 is 4.79 Å². The molecule has 1 aliphatic heterocycles. The average molecular weight is 376 g/mol. The van der Waals surface area contributed by atoms with Gasteiger partial charge < -0.3 is 21.1 Å². The lowest BCUT2D eigenvalue weighted by Crippen LogP contribution is -2.47. The highest BCUT2D eigenvalue weighted by Gasteiger charge is 2.33. The Morgan fingerprint density at radius 1 is 1.44 bits per heavy atom. The molecule has 0 spiro atoms. The number of amides is 1. The van der Waals surface area contributed by atoms with Crippen LogP contribution in [0.5, 0.6) is 0 Å².